The van der Waals surface area contributed by atoms with E-state index in [0.29, 0.717) is 30.0 Å². The Morgan fingerprint density at radius 1 is 0.957 bits per heavy atom. The fourth-order valence-electron chi connectivity index (χ4n) is 7.72. The van der Waals surface area contributed by atoms with Crippen LogP contribution in [0.2, 0.25) is 0 Å². The van der Waals surface area contributed by atoms with Crippen LogP contribution in [0, 0.1) is 30.1 Å². The van der Waals surface area contributed by atoms with Gasteiger partial charge in [0.25, 0.3) is 0 Å². The molecule has 2 aliphatic carbocycles. The Hall–Kier alpha value is -4.42. The summed E-state index contributed by atoms with van der Waals surface area (Å²) in [7, 11) is 0. The largest absolute Gasteiger partial charge is 0.337 e. The number of Topliss-reactive ketones (excluding diaryl/α,β-unsaturated/α-hetero) is 1. The zero-order valence-electron chi connectivity index (χ0n) is 27.9. The van der Waals surface area contributed by atoms with Crippen molar-refractivity contribution in [3.63, 3.8) is 0 Å². The van der Waals surface area contributed by atoms with Gasteiger partial charge < -0.3 is 4.57 Å². The molecule has 4 aromatic rings. The maximum absolute atomic E-state index is 14.0. The Balaban J connectivity index is 1.09. The monoisotopic (exact) mass is 620 g/mol. The Bertz CT molecular complexity index is 1700. The van der Waals surface area contributed by atoms with E-state index in [1.54, 1.807) is 0 Å². The number of imidazole rings is 1. The second-order valence-electron chi connectivity index (χ2n) is 13.8. The van der Waals surface area contributed by atoms with Crippen molar-refractivity contribution in [2.45, 2.75) is 83.6 Å². The highest BCUT2D eigenvalue weighted by molar-refractivity contribution is 5.86. The smallest absolute Gasteiger partial charge is 0.140 e. The molecule has 1 heterocycles. The number of rotatable bonds is 14. The number of terminal acetylenes is 1. The van der Waals surface area contributed by atoms with Crippen molar-refractivity contribution < 1.29 is 4.79 Å². The minimum atomic E-state index is -0.0374. The number of carbonyl (C=O) groups excluding carboxylic acids is 1. The first-order chi connectivity index (χ1) is 23.1. The van der Waals surface area contributed by atoms with Gasteiger partial charge in [0.2, 0.25) is 0 Å². The first-order valence-corrected chi connectivity index (χ1v) is 17.7. The van der Waals surface area contributed by atoms with Gasteiger partial charge in [-0.05, 0) is 115 Å². The van der Waals surface area contributed by atoms with E-state index in [0.717, 1.165) is 69.9 Å². The number of ketones is 1. The molecule has 0 aliphatic heterocycles. The Kier molecular flexibility index (Phi) is 11.0. The number of carbonyl (C=O) groups is 1. The first-order valence-electron chi connectivity index (χ1n) is 17.7. The molecule has 2 aliphatic rings. The minimum absolute atomic E-state index is 0.0374. The van der Waals surface area contributed by atoms with Gasteiger partial charge in [0.05, 0.1) is 6.33 Å². The number of allylic oxidation sites excluding steroid dienone is 4. The van der Waals surface area contributed by atoms with Crippen LogP contribution in [-0.4, -0.2) is 15.3 Å². The highest BCUT2D eigenvalue weighted by Crippen LogP contribution is 2.41. The van der Waals surface area contributed by atoms with E-state index in [9.17, 15) is 4.79 Å². The molecule has 1 aromatic heterocycles. The highest BCUT2D eigenvalue weighted by Gasteiger charge is 2.33. The average Bonchev–Trinajstić information content (AvgIpc) is 3.80. The van der Waals surface area contributed by atoms with Gasteiger partial charge in [0.1, 0.15) is 5.78 Å². The minimum Gasteiger partial charge on any atom is -0.337 e. The van der Waals surface area contributed by atoms with Crippen LogP contribution in [0.1, 0.15) is 91.2 Å². The molecule has 0 saturated heterocycles. The van der Waals surface area contributed by atoms with Crippen molar-refractivity contribution in [1.82, 2.24) is 9.55 Å². The lowest BCUT2D eigenvalue weighted by atomic mass is 9.70. The summed E-state index contributed by atoms with van der Waals surface area (Å²) in [5.41, 5.74) is 8.67. The van der Waals surface area contributed by atoms with Crippen molar-refractivity contribution in [3.8, 4) is 12.3 Å². The molecule has 1 saturated carbocycles. The summed E-state index contributed by atoms with van der Waals surface area (Å²) in [6.45, 7) is 3.20. The molecule has 240 valence electrons. The van der Waals surface area contributed by atoms with Crippen molar-refractivity contribution >= 4 is 11.4 Å². The molecule has 3 nitrogen and oxygen atoms in total. The summed E-state index contributed by atoms with van der Waals surface area (Å²) < 4.78 is 2.14. The number of hydrogen-bond donors (Lipinski definition) is 0. The summed E-state index contributed by atoms with van der Waals surface area (Å²) in [5.74, 6) is 4.78. The molecule has 0 N–H and O–H groups in total. The van der Waals surface area contributed by atoms with Crippen molar-refractivity contribution in [3.05, 3.63) is 143 Å². The molecular formula is C44H48N2O. The lowest BCUT2D eigenvalue weighted by Gasteiger charge is -2.34. The third-order valence-corrected chi connectivity index (χ3v) is 10.4. The summed E-state index contributed by atoms with van der Waals surface area (Å²) >= 11 is 0. The first kappa shape index (κ1) is 32.5. The molecule has 0 spiro atoms. The van der Waals surface area contributed by atoms with E-state index in [-0.39, 0.29) is 5.92 Å². The predicted molar refractivity (Wildman–Crippen MR) is 194 cm³/mol. The third-order valence-electron chi connectivity index (χ3n) is 10.4. The number of unbranched alkanes of at least 4 members (excludes halogenated alkanes) is 1. The van der Waals surface area contributed by atoms with Crippen LogP contribution in [0.3, 0.4) is 0 Å². The van der Waals surface area contributed by atoms with E-state index < -0.39 is 0 Å². The normalized spacial score (nSPS) is 19.7. The quantitative estimate of drug-likeness (QED) is 0.104. The summed E-state index contributed by atoms with van der Waals surface area (Å²) in [5, 5.41) is 0. The van der Waals surface area contributed by atoms with E-state index in [1.807, 2.05) is 24.8 Å². The number of hydrogen-bond acceptors (Lipinski definition) is 2. The van der Waals surface area contributed by atoms with Crippen LogP contribution in [0.15, 0.2) is 110 Å². The number of nitrogens with zero attached hydrogens (tertiary/aromatic N) is 2. The maximum Gasteiger partial charge on any atom is 0.140 e. The van der Waals surface area contributed by atoms with Crippen molar-refractivity contribution in [1.29, 1.82) is 0 Å². The molecule has 1 fully saturated rings. The molecular weight excluding hydrogens is 572 g/mol. The van der Waals surface area contributed by atoms with Gasteiger partial charge in [0, 0.05) is 36.8 Å². The fourth-order valence-corrected chi connectivity index (χ4v) is 7.72. The van der Waals surface area contributed by atoms with Gasteiger partial charge in [0.15, 0.2) is 0 Å². The van der Waals surface area contributed by atoms with Gasteiger partial charge >= 0.3 is 0 Å². The Labute approximate surface area is 281 Å². The van der Waals surface area contributed by atoms with E-state index in [2.05, 4.69) is 107 Å². The van der Waals surface area contributed by atoms with E-state index in [4.69, 9.17) is 6.42 Å². The Morgan fingerprint density at radius 2 is 1.77 bits per heavy atom. The molecule has 0 amide bonds. The van der Waals surface area contributed by atoms with Crippen LogP contribution in [-0.2, 0) is 30.6 Å². The molecule has 47 heavy (non-hydrogen) atoms. The maximum atomic E-state index is 14.0. The van der Waals surface area contributed by atoms with Gasteiger partial charge in [-0.1, -0.05) is 97.8 Å². The second kappa shape index (κ2) is 15.9. The highest BCUT2D eigenvalue weighted by atomic mass is 16.1. The predicted octanol–water partition coefficient (Wildman–Crippen LogP) is 9.81. The van der Waals surface area contributed by atoms with Crippen molar-refractivity contribution in [2.75, 3.05) is 0 Å². The molecule has 6 rings (SSSR count). The van der Waals surface area contributed by atoms with Gasteiger partial charge in [-0.15, -0.1) is 6.42 Å². The zero-order chi connectivity index (χ0) is 32.4. The SMILES string of the molecule is C#Cc1ccc(CC2CCC(C(C(=O)CCc3ccccc3)c3ccc(C4=CC(C)C=C4)cc3)CC2)cc1CCCCn1ccnc1. The number of aryl methyl sites for hydroxylation is 3. The van der Waals surface area contributed by atoms with Gasteiger partial charge in [-0.25, -0.2) is 4.98 Å². The lowest BCUT2D eigenvalue weighted by Crippen LogP contribution is -2.27. The van der Waals surface area contributed by atoms with E-state index >= 15 is 0 Å². The summed E-state index contributed by atoms with van der Waals surface area (Å²) in [4.78, 5) is 18.1. The van der Waals surface area contributed by atoms with Crippen LogP contribution in [0.25, 0.3) is 5.57 Å². The van der Waals surface area contributed by atoms with Crippen LogP contribution in [0.4, 0.5) is 0 Å². The van der Waals surface area contributed by atoms with Crippen LogP contribution >= 0.6 is 0 Å². The average molecular weight is 621 g/mol. The summed E-state index contributed by atoms with van der Waals surface area (Å²) in [6, 6.07) is 26.1. The molecule has 2 unspecified atom stereocenters. The second-order valence-corrected chi connectivity index (χ2v) is 13.8. The molecule has 0 bridgehead atoms. The fraction of sp³-hybridized carbons (Fsp3) is 0.364. The Morgan fingerprint density at radius 3 is 2.47 bits per heavy atom. The van der Waals surface area contributed by atoms with Crippen molar-refractivity contribution in [2.24, 2.45) is 17.8 Å². The molecule has 2 atom stereocenters. The topological polar surface area (TPSA) is 34.9 Å². The standard InChI is InChI=1S/C44H48N2O/c1-3-37-18-15-36(31-41(37)11-7-8-27-46-28-26-45-32-46)30-35-13-19-39(20-14-35)44(43(47)25-16-34-9-5-4-6-10-34)40-23-21-38(22-24-40)42-17-12-33(2)29-42/h1,4-6,9-10,12,15,17-18,21-24,26,28-29,31-33,35,39,44H,7-8,11,13-14,16,19-20,25,27,30H2,2H3. The number of aromatic nitrogens is 2. The van der Waals surface area contributed by atoms with Gasteiger partial charge in [-0.3, -0.25) is 4.79 Å². The number of benzene rings is 3. The lowest BCUT2D eigenvalue weighted by molar-refractivity contribution is -0.122. The van der Waals surface area contributed by atoms with E-state index in [1.165, 1.54) is 33.4 Å². The zero-order valence-corrected chi connectivity index (χ0v) is 27.9. The van der Waals surface area contributed by atoms with Gasteiger partial charge in [-0.2, -0.15) is 0 Å². The molecule has 3 heteroatoms. The van der Waals surface area contributed by atoms with Crippen LogP contribution in [0.5, 0.6) is 0 Å². The molecule has 0 radical (unpaired) electrons. The third kappa shape index (κ3) is 8.69. The van der Waals surface area contributed by atoms with Crippen LogP contribution < -0.4 is 0 Å². The summed E-state index contributed by atoms with van der Waals surface area (Å²) in [6.07, 6.45) is 28.6. The molecule has 3 aromatic carbocycles.